The molecule has 0 unspecified atom stereocenters. The summed E-state index contributed by atoms with van der Waals surface area (Å²) in [7, 11) is 0. The summed E-state index contributed by atoms with van der Waals surface area (Å²) in [6.45, 7) is 1.93. The van der Waals surface area contributed by atoms with Gasteiger partial charge in [0.15, 0.2) is 5.11 Å². The molecule has 2 aromatic rings. The van der Waals surface area contributed by atoms with Crippen molar-refractivity contribution in [3.63, 3.8) is 0 Å². The van der Waals surface area contributed by atoms with Crippen molar-refractivity contribution in [3.8, 4) is 0 Å². The fourth-order valence-corrected chi connectivity index (χ4v) is 2.99. The van der Waals surface area contributed by atoms with Crippen LogP contribution in [0.4, 0.5) is 18.9 Å². The average Bonchev–Trinajstić information content (AvgIpc) is 2.72. The van der Waals surface area contributed by atoms with E-state index in [9.17, 15) is 22.8 Å². The molecule has 0 aliphatic carbocycles. The quantitative estimate of drug-likeness (QED) is 0.199. The molecular weight excluding hydrogens is 526 g/mol. The first-order chi connectivity index (χ1) is 15.3. The van der Waals surface area contributed by atoms with Crippen molar-refractivity contribution < 1.29 is 27.5 Å². The van der Waals surface area contributed by atoms with Gasteiger partial charge < -0.3 is 20.7 Å². The van der Waals surface area contributed by atoms with Gasteiger partial charge in [-0.05, 0) is 67.7 Å². The molecule has 0 bridgehead atoms. The standard InChI is InChI=1S/C20H17Cl3F3N3O3S/c1-2-32-16(31)12-5-9-14(10-6-12)27-18(33)29-17(19(21,22)23)28-15(30)11-3-7-13(8-4-11)20(24,25)26/h3-10,17H,2H2,1H3,(H,28,30)(H2,27,29,33)/t17-/m1/s1. The number of thiocarbonyl (C=S) groups is 1. The number of nitrogens with one attached hydrogen (secondary N) is 3. The van der Waals surface area contributed by atoms with E-state index in [0.717, 1.165) is 24.3 Å². The van der Waals surface area contributed by atoms with Crippen molar-refractivity contribution in [3.05, 3.63) is 65.2 Å². The summed E-state index contributed by atoms with van der Waals surface area (Å²) in [6, 6.07) is 9.67. The Labute approximate surface area is 207 Å². The van der Waals surface area contributed by atoms with Gasteiger partial charge in [0.05, 0.1) is 17.7 Å². The second-order valence-electron chi connectivity index (χ2n) is 6.42. The van der Waals surface area contributed by atoms with Gasteiger partial charge in [-0.1, -0.05) is 34.8 Å². The molecule has 33 heavy (non-hydrogen) atoms. The zero-order valence-corrected chi connectivity index (χ0v) is 19.9. The highest BCUT2D eigenvalue weighted by Crippen LogP contribution is 2.30. The molecule has 0 radical (unpaired) electrons. The minimum Gasteiger partial charge on any atom is -0.462 e. The van der Waals surface area contributed by atoms with Crippen LogP contribution in [0.25, 0.3) is 0 Å². The van der Waals surface area contributed by atoms with Gasteiger partial charge in [-0.15, -0.1) is 0 Å². The summed E-state index contributed by atoms with van der Waals surface area (Å²) in [6.07, 6.45) is -5.88. The van der Waals surface area contributed by atoms with Crippen LogP contribution in [0.3, 0.4) is 0 Å². The zero-order valence-electron chi connectivity index (χ0n) is 16.8. The molecule has 13 heteroatoms. The van der Waals surface area contributed by atoms with E-state index in [4.69, 9.17) is 51.8 Å². The monoisotopic (exact) mass is 541 g/mol. The molecule has 178 valence electrons. The lowest BCUT2D eigenvalue weighted by Gasteiger charge is -2.27. The van der Waals surface area contributed by atoms with Crippen LogP contribution >= 0.6 is 47.0 Å². The number of amides is 1. The third kappa shape index (κ3) is 8.22. The Bertz CT molecular complexity index is 998. The van der Waals surface area contributed by atoms with E-state index in [-0.39, 0.29) is 17.3 Å². The first-order valence-corrected chi connectivity index (χ1v) is 10.7. The molecule has 0 spiro atoms. The number of benzene rings is 2. The van der Waals surface area contributed by atoms with Gasteiger partial charge in [-0.3, -0.25) is 4.79 Å². The Balaban J connectivity index is 2.04. The average molecular weight is 543 g/mol. The third-order valence-corrected chi connectivity index (χ3v) is 4.88. The van der Waals surface area contributed by atoms with Gasteiger partial charge >= 0.3 is 12.1 Å². The second kappa shape index (κ2) is 11.2. The summed E-state index contributed by atoms with van der Waals surface area (Å²) < 4.78 is 40.9. The van der Waals surface area contributed by atoms with E-state index in [1.807, 2.05) is 0 Å². The van der Waals surface area contributed by atoms with Gasteiger partial charge in [-0.2, -0.15) is 13.2 Å². The number of carbonyl (C=O) groups is 2. The number of hydrogen-bond acceptors (Lipinski definition) is 4. The third-order valence-electron chi connectivity index (χ3n) is 4.01. The molecule has 1 amide bonds. The molecule has 2 aromatic carbocycles. The van der Waals surface area contributed by atoms with E-state index >= 15 is 0 Å². The van der Waals surface area contributed by atoms with Crippen molar-refractivity contribution in [2.75, 3.05) is 11.9 Å². The van der Waals surface area contributed by atoms with Crippen LogP contribution in [0.5, 0.6) is 0 Å². The van der Waals surface area contributed by atoms with Crippen LogP contribution in [0, 0.1) is 0 Å². The van der Waals surface area contributed by atoms with Crippen molar-refractivity contribution in [2.24, 2.45) is 0 Å². The Morgan fingerprint density at radius 3 is 2.00 bits per heavy atom. The summed E-state index contributed by atoms with van der Waals surface area (Å²) in [4.78, 5) is 24.1. The summed E-state index contributed by atoms with van der Waals surface area (Å²) >= 11 is 22.9. The normalized spacial score (nSPS) is 12.5. The number of ether oxygens (including phenoxy) is 1. The molecule has 1 atom stereocenters. The Morgan fingerprint density at radius 1 is 0.970 bits per heavy atom. The fourth-order valence-electron chi connectivity index (χ4n) is 2.43. The van der Waals surface area contributed by atoms with Crippen molar-refractivity contribution in [1.82, 2.24) is 10.6 Å². The maximum absolute atomic E-state index is 12.7. The highest BCUT2D eigenvalue weighted by atomic mass is 35.6. The summed E-state index contributed by atoms with van der Waals surface area (Å²) in [5.74, 6) is -1.28. The SMILES string of the molecule is CCOC(=O)c1ccc(NC(=S)N[C@@H](NC(=O)c2ccc(C(F)(F)F)cc2)C(Cl)(Cl)Cl)cc1. The molecule has 0 aliphatic rings. The van der Waals surface area contributed by atoms with Crippen LogP contribution in [0.2, 0.25) is 0 Å². The molecule has 0 aromatic heterocycles. The Hall–Kier alpha value is -2.27. The lowest BCUT2D eigenvalue weighted by Crippen LogP contribution is -2.56. The maximum Gasteiger partial charge on any atom is 0.416 e. The number of rotatable bonds is 6. The van der Waals surface area contributed by atoms with Crippen molar-refractivity contribution >= 4 is 69.7 Å². The Morgan fingerprint density at radius 2 is 1.52 bits per heavy atom. The van der Waals surface area contributed by atoms with Crippen LogP contribution in [0.15, 0.2) is 48.5 Å². The van der Waals surface area contributed by atoms with Crippen LogP contribution in [-0.4, -0.2) is 33.6 Å². The van der Waals surface area contributed by atoms with Crippen molar-refractivity contribution in [2.45, 2.75) is 23.1 Å². The molecule has 2 rings (SSSR count). The number of anilines is 1. The molecule has 3 N–H and O–H groups in total. The molecule has 0 heterocycles. The van der Waals surface area contributed by atoms with Gasteiger partial charge in [0.25, 0.3) is 5.91 Å². The van der Waals surface area contributed by atoms with E-state index in [1.54, 1.807) is 19.1 Å². The van der Waals surface area contributed by atoms with E-state index in [0.29, 0.717) is 11.3 Å². The molecular formula is C20H17Cl3F3N3O3S. The first-order valence-electron chi connectivity index (χ1n) is 9.20. The zero-order chi connectivity index (χ0) is 24.8. The highest BCUT2D eigenvalue weighted by Gasteiger charge is 2.35. The predicted octanol–water partition coefficient (Wildman–Crippen LogP) is 5.29. The van der Waals surface area contributed by atoms with Gasteiger partial charge in [0.2, 0.25) is 3.79 Å². The first kappa shape index (κ1) is 27.0. The number of esters is 1. The second-order valence-corrected chi connectivity index (χ2v) is 9.20. The highest BCUT2D eigenvalue weighted by molar-refractivity contribution is 7.80. The van der Waals surface area contributed by atoms with Crippen LogP contribution in [0.1, 0.15) is 33.2 Å². The smallest absolute Gasteiger partial charge is 0.416 e. The molecule has 0 saturated heterocycles. The number of halogens is 6. The minimum atomic E-state index is -4.54. The topological polar surface area (TPSA) is 79.5 Å². The van der Waals surface area contributed by atoms with Crippen molar-refractivity contribution in [1.29, 1.82) is 0 Å². The van der Waals surface area contributed by atoms with Crippen LogP contribution in [-0.2, 0) is 10.9 Å². The lowest BCUT2D eigenvalue weighted by molar-refractivity contribution is -0.137. The number of carbonyl (C=O) groups excluding carboxylic acids is 2. The molecule has 0 fully saturated rings. The fraction of sp³-hybridized carbons (Fsp3) is 0.250. The van der Waals surface area contributed by atoms with Gasteiger partial charge in [0.1, 0.15) is 6.17 Å². The van der Waals surface area contributed by atoms with Gasteiger partial charge in [-0.25, -0.2) is 4.79 Å². The lowest BCUT2D eigenvalue weighted by atomic mass is 10.1. The van der Waals surface area contributed by atoms with E-state index < -0.39 is 33.6 Å². The largest absolute Gasteiger partial charge is 0.462 e. The van der Waals surface area contributed by atoms with Gasteiger partial charge in [0, 0.05) is 11.3 Å². The summed E-state index contributed by atoms with van der Waals surface area (Å²) in [5.41, 5.74) is -0.172. The molecule has 0 aliphatic heterocycles. The molecule has 0 saturated carbocycles. The minimum absolute atomic E-state index is 0.0390. The van der Waals surface area contributed by atoms with E-state index in [1.165, 1.54) is 12.1 Å². The summed E-state index contributed by atoms with van der Waals surface area (Å²) in [5, 5.41) is 7.75. The Kier molecular flexibility index (Phi) is 9.19. The number of alkyl halides is 6. The molecule has 6 nitrogen and oxygen atoms in total. The predicted molar refractivity (Wildman–Crippen MR) is 125 cm³/mol. The van der Waals surface area contributed by atoms with Crippen LogP contribution < -0.4 is 16.0 Å². The maximum atomic E-state index is 12.7. The number of hydrogen-bond donors (Lipinski definition) is 3. The van der Waals surface area contributed by atoms with E-state index in [2.05, 4.69) is 16.0 Å².